The number of nitrogens with one attached hydrogen (secondary N) is 1. The van der Waals surface area contributed by atoms with Crippen molar-refractivity contribution in [1.29, 1.82) is 0 Å². The van der Waals surface area contributed by atoms with Crippen molar-refractivity contribution >= 4 is 5.82 Å². The SMILES string of the molecule is Cn1nncc1NC1COCC1N. The second-order valence-corrected chi connectivity index (χ2v) is 3.20. The van der Waals surface area contributed by atoms with Gasteiger partial charge in [0.2, 0.25) is 0 Å². The Morgan fingerprint density at radius 3 is 3.08 bits per heavy atom. The van der Waals surface area contributed by atoms with Crippen LogP contribution in [0.15, 0.2) is 6.20 Å². The zero-order valence-electron chi connectivity index (χ0n) is 7.47. The Kier molecular flexibility index (Phi) is 2.15. The van der Waals surface area contributed by atoms with Crippen molar-refractivity contribution in [3.8, 4) is 0 Å². The van der Waals surface area contributed by atoms with Crippen LogP contribution in [-0.2, 0) is 11.8 Å². The predicted octanol–water partition coefficient (Wildman–Crippen LogP) is -1.05. The molecule has 1 aromatic heterocycles. The molecule has 2 heterocycles. The molecule has 6 heteroatoms. The van der Waals surface area contributed by atoms with E-state index < -0.39 is 0 Å². The molecule has 2 atom stereocenters. The zero-order chi connectivity index (χ0) is 9.26. The van der Waals surface area contributed by atoms with E-state index in [0.717, 1.165) is 5.82 Å². The number of anilines is 1. The molecule has 0 saturated carbocycles. The van der Waals surface area contributed by atoms with Crippen LogP contribution in [0.4, 0.5) is 5.82 Å². The Morgan fingerprint density at radius 2 is 2.54 bits per heavy atom. The van der Waals surface area contributed by atoms with Gasteiger partial charge in [0, 0.05) is 7.05 Å². The van der Waals surface area contributed by atoms with Crippen LogP contribution < -0.4 is 11.1 Å². The first-order valence-electron chi connectivity index (χ1n) is 4.22. The second kappa shape index (κ2) is 3.31. The maximum atomic E-state index is 5.81. The molecule has 6 nitrogen and oxygen atoms in total. The minimum atomic E-state index is 0.0508. The van der Waals surface area contributed by atoms with Gasteiger partial charge in [-0.05, 0) is 0 Å². The number of aryl methyl sites for hydroxylation is 1. The molecule has 1 fully saturated rings. The van der Waals surface area contributed by atoms with E-state index in [0.29, 0.717) is 13.2 Å². The van der Waals surface area contributed by atoms with Gasteiger partial charge in [0.25, 0.3) is 0 Å². The lowest BCUT2D eigenvalue weighted by molar-refractivity contribution is 0.192. The van der Waals surface area contributed by atoms with Crippen molar-refractivity contribution in [2.24, 2.45) is 12.8 Å². The maximum Gasteiger partial charge on any atom is 0.144 e. The molecule has 1 saturated heterocycles. The Hall–Kier alpha value is -1.14. The fourth-order valence-corrected chi connectivity index (χ4v) is 1.33. The molecule has 0 aromatic carbocycles. The first-order chi connectivity index (χ1) is 6.27. The van der Waals surface area contributed by atoms with E-state index in [2.05, 4.69) is 15.6 Å². The van der Waals surface area contributed by atoms with Crippen molar-refractivity contribution in [2.45, 2.75) is 12.1 Å². The van der Waals surface area contributed by atoms with E-state index in [4.69, 9.17) is 10.5 Å². The third-order valence-corrected chi connectivity index (χ3v) is 2.17. The van der Waals surface area contributed by atoms with Crippen LogP contribution >= 0.6 is 0 Å². The Labute approximate surface area is 76.0 Å². The van der Waals surface area contributed by atoms with Crippen LogP contribution in [0, 0.1) is 0 Å². The summed E-state index contributed by atoms with van der Waals surface area (Å²) < 4.78 is 6.89. The summed E-state index contributed by atoms with van der Waals surface area (Å²) in [5.41, 5.74) is 5.81. The van der Waals surface area contributed by atoms with E-state index >= 15 is 0 Å². The number of aromatic nitrogens is 3. The topological polar surface area (TPSA) is 78.0 Å². The minimum absolute atomic E-state index is 0.0508. The number of hydrogen-bond acceptors (Lipinski definition) is 5. The lowest BCUT2D eigenvalue weighted by Gasteiger charge is -2.15. The summed E-state index contributed by atoms with van der Waals surface area (Å²) in [7, 11) is 1.83. The predicted molar refractivity (Wildman–Crippen MR) is 47.2 cm³/mol. The molecule has 1 aromatic rings. The number of nitrogens with zero attached hydrogens (tertiary/aromatic N) is 3. The molecule has 1 aliphatic rings. The fourth-order valence-electron chi connectivity index (χ4n) is 1.33. The van der Waals surface area contributed by atoms with Gasteiger partial charge in [-0.15, -0.1) is 5.10 Å². The lowest BCUT2D eigenvalue weighted by atomic mass is 10.2. The van der Waals surface area contributed by atoms with Gasteiger partial charge in [-0.25, -0.2) is 4.68 Å². The van der Waals surface area contributed by atoms with E-state index in [1.807, 2.05) is 7.05 Å². The summed E-state index contributed by atoms with van der Waals surface area (Å²) in [4.78, 5) is 0. The number of ether oxygens (including phenoxy) is 1. The third kappa shape index (κ3) is 1.63. The minimum Gasteiger partial charge on any atom is -0.378 e. The summed E-state index contributed by atoms with van der Waals surface area (Å²) in [5, 5.41) is 10.8. The van der Waals surface area contributed by atoms with Gasteiger partial charge in [0.05, 0.1) is 31.5 Å². The van der Waals surface area contributed by atoms with Gasteiger partial charge in [-0.3, -0.25) is 0 Å². The van der Waals surface area contributed by atoms with Crippen molar-refractivity contribution in [2.75, 3.05) is 18.5 Å². The molecule has 72 valence electrons. The van der Waals surface area contributed by atoms with Gasteiger partial charge in [-0.2, -0.15) is 0 Å². The van der Waals surface area contributed by atoms with Gasteiger partial charge in [-0.1, -0.05) is 5.21 Å². The molecule has 3 N–H and O–H groups in total. The molecular weight excluding hydrogens is 170 g/mol. The fraction of sp³-hybridized carbons (Fsp3) is 0.714. The summed E-state index contributed by atoms with van der Waals surface area (Å²) in [6, 6.07) is 0.215. The average molecular weight is 183 g/mol. The lowest BCUT2D eigenvalue weighted by Crippen LogP contribution is -2.39. The highest BCUT2D eigenvalue weighted by atomic mass is 16.5. The van der Waals surface area contributed by atoms with Crippen LogP contribution in [-0.4, -0.2) is 40.3 Å². The quantitative estimate of drug-likeness (QED) is 0.612. The second-order valence-electron chi connectivity index (χ2n) is 3.20. The Morgan fingerprint density at radius 1 is 1.69 bits per heavy atom. The smallest absolute Gasteiger partial charge is 0.144 e. The molecule has 0 spiro atoms. The number of nitrogens with two attached hydrogens (primary N) is 1. The van der Waals surface area contributed by atoms with Crippen molar-refractivity contribution in [1.82, 2.24) is 15.0 Å². The van der Waals surface area contributed by atoms with E-state index in [1.54, 1.807) is 10.9 Å². The maximum absolute atomic E-state index is 5.81. The average Bonchev–Trinajstić information content (AvgIpc) is 2.65. The Bertz CT molecular complexity index is 286. The van der Waals surface area contributed by atoms with Gasteiger partial charge >= 0.3 is 0 Å². The van der Waals surface area contributed by atoms with Crippen LogP contribution in [0.5, 0.6) is 0 Å². The summed E-state index contributed by atoms with van der Waals surface area (Å²) >= 11 is 0. The van der Waals surface area contributed by atoms with Gasteiger partial charge in [0.1, 0.15) is 5.82 Å². The van der Waals surface area contributed by atoms with Crippen LogP contribution in [0.2, 0.25) is 0 Å². The van der Waals surface area contributed by atoms with Crippen molar-refractivity contribution in [3.05, 3.63) is 6.20 Å². The molecule has 0 aliphatic carbocycles. The molecule has 2 unspecified atom stereocenters. The molecule has 0 amide bonds. The highest BCUT2D eigenvalue weighted by molar-refractivity contribution is 5.33. The zero-order valence-corrected chi connectivity index (χ0v) is 7.47. The molecule has 13 heavy (non-hydrogen) atoms. The summed E-state index contributed by atoms with van der Waals surface area (Å²) in [5.74, 6) is 0.867. The Balaban J connectivity index is 2.01. The normalized spacial score (nSPS) is 27.8. The molecule has 2 rings (SSSR count). The number of rotatable bonds is 2. The van der Waals surface area contributed by atoms with Crippen LogP contribution in [0.25, 0.3) is 0 Å². The van der Waals surface area contributed by atoms with Crippen molar-refractivity contribution in [3.63, 3.8) is 0 Å². The monoisotopic (exact) mass is 183 g/mol. The van der Waals surface area contributed by atoms with Crippen LogP contribution in [0.1, 0.15) is 0 Å². The molecule has 1 aliphatic heterocycles. The highest BCUT2D eigenvalue weighted by Crippen LogP contribution is 2.10. The summed E-state index contributed by atoms with van der Waals surface area (Å²) in [6.07, 6.45) is 1.67. The molecule has 0 radical (unpaired) electrons. The molecular formula is C7H13N5O. The van der Waals surface area contributed by atoms with Crippen LogP contribution in [0.3, 0.4) is 0 Å². The van der Waals surface area contributed by atoms with E-state index in [9.17, 15) is 0 Å². The number of hydrogen-bond donors (Lipinski definition) is 2. The highest BCUT2D eigenvalue weighted by Gasteiger charge is 2.25. The van der Waals surface area contributed by atoms with E-state index in [-0.39, 0.29) is 12.1 Å². The van der Waals surface area contributed by atoms with Crippen molar-refractivity contribution < 1.29 is 4.74 Å². The van der Waals surface area contributed by atoms with Gasteiger partial charge in [0.15, 0.2) is 0 Å². The van der Waals surface area contributed by atoms with E-state index in [1.165, 1.54) is 0 Å². The standard InChI is InChI=1S/C7H13N5O/c1-12-7(2-9-11-12)10-6-4-13-3-5(6)8/h2,5-6,10H,3-4,8H2,1H3. The first kappa shape index (κ1) is 8.46. The molecule has 0 bridgehead atoms. The van der Waals surface area contributed by atoms with Gasteiger partial charge < -0.3 is 15.8 Å². The summed E-state index contributed by atoms with van der Waals surface area (Å²) in [6.45, 7) is 1.26. The first-order valence-corrected chi connectivity index (χ1v) is 4.22. The largest absolute Gasteiger partial charge is 0.378 e. The third-order valence-electron chi connectivity index (χ3n) is 2.17.